The van der Waals surface area contributed by atoms with Gasteiger partial charge in [-0.3, -0.25) is 11.3 Å². The maximum Gasteiger partial charge on any atom is 0.138 e. The van der Waals surface area contributed by atoms with Crippen molar-refractivity contribution in [3.05, 3.63) is 47.5 Å². The lowest BCUT2D eigenvalue weighted by atomic mass is 9.73. The molecule has 1 heterocycles. The molecule has 1 aliphatic rings. The van der Waals surface area contributed by atoms with Gasteiger partial charge in [0.15, 0.2) is 0 Å². The summed E-state index contributed by atoms with van der Waals surface area (Å²) in [4.78, 5) is 4.38. The highest BCUT2D eigenvalue weighted by molar-refractivity contribution is 5.41. The fraction of sp³-hybridized carbons (Fsp3) is 0.467. The van der Waals surface area contributed by atoms with Gasteiger partial charge in [-0.05, 0) is 31.4 Å². The second-order valence-electron chi connectivity index (χ2n) is 5.70. The zero-order valence-corrected chi connectivity index (χ0v) is 12.0. The minimum atomic E-state index is 0.201. The molecule has 0 saturated heterocycles. The van der Waals surface area contributed by atoms with Crippen LogP contribution in [-0.4, -0.2) is 20.8 Å². The van der Waals surface area contributed by atoms with E-state index in [-0.39, 0.29) is 6.04 Å². The van der Waals surface area contributed by atoms with Crippen LogP contribution >= 0.6 is 0 Å². The van der Waals surface area contributed by atoms with Gasteiger partial charge in [-0.2, -0.15) is 5.10 Å². The largest absolute Gasteiger partial charge is 0.271 e. The zero-order valence-electron chi connectivity index (χ0n) is 12.0. The molecule has 2 atom stereocenters. The smallest absolute Gasteiger partial charge is 0.138 e. The lowest BCUT2D eigenvalue weighted by Gasteiger charge is -2.36. The average molecular weight is 271 g/mol. The van der Waals surface area contributed by atoms with E-state index in [1.54, 1.807) is 6.33 Å². The van der Waals surface area contributed by atoms with E-state index < -0.39 is 0 Å². The lowest BCUT2D eigenvalue weighted by molar-refractivity contribution is 0.384. The molecule has 1 aromatic heterocycles. The van der Waals surface area contributed by atoms with Gasteiger partial charge in [-0.15, -0.1) is 0 Å². The molecule has 0 bridgehead atoms. The topological polar surface area (TPSA) is 68.8 Å². The molecule has 5 heteroatoms. The SMILES string of the molecule is CC(C)n1ncnc1CC(NN)C1Cc2ccccc21. The highest BCUT2D eigenvalue weighted by Gasteiger charge is 2.33. The number of rotatable bonds is 5. The maximum absolute atomic E-state index is 5.78. The third kappa shape index (κ3) is 2.23. The van der Waals surface area contributed by atoms with Gasteiger partial charge in [-0.1, -0.05) is 24.3 Å². The molecule has 0 spiro atoms. The highest BCUT2D eigenvalue weighted by atomic mass is 15.3. The first-order valence-electron chi connectivity index (χ1n) is 7.13. The molecule has 1 aliphatic carbocycles. The Labute approximate surface area is 119 Å². The van der Waals surface area contributed by atoms with E-state index in [1.807, 2.05) is 4.68 Å². The van der Waals surface area contributed by atoms with Crippen molar-refractivity contribution in [2.75, 3.05) is 0 Å². The second kappa shape index (κ2) is 5.34. The first kappa shape index (κ1) is 13.3. The number of nitrogens with zero attached hydrogens (tertiary/aromatic N) is 3. The van der Waals surface area contributed by atoms with Crippen molar-refractivity contribution in [1.29, 1.82) is 0 Å². The minimum absolute atomic E-state index is 0.201. The van der Waals surface area contributed by atoms with E-state index in [1.165, 1.54) is 11.1 Å². The van der Waals surface area contributed by atoms with Crippen molar-refractivity contribution < 1.29 is 0 Å². The van der Waals surface area contributed by atoms with Crippen LogP contribution in [0.2, 0.25) is 0 Å². The van der Waals surface area contributed by atoms with Gasteiger partial charge in [0.2, 0.25) is 0 Å². The molecule has 1 aromatic carbocycles. The lowest BCUT2D eigenvalue weighted by Crippen LogP contribution is -2.45. The van der Waals surface area contributed by atoms with Crippen LogP contribution in [0.4, 0.5) is 0 Å². The fourth-order valence-corrected chi connectivity index (χ4v) is 3.02. The summed E-state index contributed by atoms with van der Waals surface area (Å²) < 4.78 is 1.97. The van der Waals surface area contributed by atoms with E-state index in [4.69, 9.17) is 5.84 Å². The summed E-state index contributed by atoms with van der Waals surface area (Å²) in [5, 5.41) is 4.29. The van der Waals surface area contributed by atoms with Gasteiger partial charge >= 0.3 is 0 Å². The van der Waals surface area contributed by atoms with E-state index in [9.17, 15) is 0 Å². The van der Waals surface area contributed by atoms with Gasteiger partial charge in [0.1, 0.15) is 12.2 Å². The van der Waals surface area contributed by atoms with Crippen molar-refractivity contribution >= 4 is 0 Å². The summed E-state index contributed by atoms with van der Waals surface area (Å²) in [6, 6.07) is 9.09. The van der Waals surface area contributed by atoms with Gasteiger partial charge in [0.05, 0.1) is 0 Å². The van der Waals surface area contributed by atoms with Crippen LogP contribution in [0, 0.1) is 0 Å². The monoisotopic (exact) mass is 271 g/mol. The average Bonchev–Trinajstić information content (AvgIpc) is 2.87. The van der Waals surface area contributed by atoms with Crippen LogP contribution in [0.5, 0.6) is 0 Å². The predicted octanol–water partition coefficient (Wildman–Crippen LogP) is 1.57. The molecule has 0 radical (unpaired) electrons. The van der Waals surface area contributed by atoms with Crippen LogP contribution in [0.1, 0.15) is 42.8 Å². The number of nitrogens with two attached hydrogens (primary N) is 1. The first-order chi connectivity index (χ1) is 9.70. The maximum atomic E-state index is 5.78. The van der Waals surface area contributed by atoms with Crippen LogP contribution in [0.3, 0.4) is 0 Å². The molecule has 5 nitrogen and oxygen atoms in total. The molecule has 0 aliphatic heterocycles. The van der Waals surface area contributed by atoms with Crippen LogP contribution < -0.4 is 11.3 Å². The third-order valence-electron chi connectivity index (χ3n) is 4.13. The number of nitrogens with one attached hydrogen (secondary N) is 1. The van der Waals surface area contributed by atoms with Gasteiger partial charge in [-0.25, -0.2) is 9.67 Å². The standard InChI is InChI=1S/C15H21N5/c1-10(2)20-15(17-9-18-20)8-14(19-16)13-7-11-5-3-4-6-12(11)13/h3-6,9-10,13-14,19H,7-8,16H2,1-2H3. The normalized spacial score (nSPS) is 18.7. The molecule has 2 aromatic rings. The summed E-state index contributed by atoms with van der Waals surface area (Å²) in [6.07, 6.45) is 3.51. The summed E-state index contributed by atoms with van der Waals surface area (Å²) in [7, 11) is 0. The Kier molecular flexibility index (Phi) is 3.54. The molecule has 2 unspecified atom stereocenters. The van der Waals surface area contributed by atoms with Crippen LogP contribution in [0.15, 0.2) is 30.6 Å². The Bertz CT molecular complexity index is 589. The van der Waals surface area contributed by atoms with Crippen LogP contribution in [-0.2, 0) is 12.8 Å². The summed E-state index contributed by atoms with van der Waals surface area (Å²) >= 11 is 0. The second-order valence-corrected chi connectivity index (χ2v) is 5.70. The number of aromatic nitrogens is 3. The number of hydrazine groups is 1. The van der Waals surface area contributed by atoms with E-state index in [2.05, 4.69) is 53.6 Å². The quantitative estimate of drug-likeness (QED) is 0.640. The van der Waals surface area contributed by atoms with Crippen molar-refractivity contribution in [2.24, 2.45) is 5.84 Å². The molecule has 0 amide bonds. The van der Waals surface area contributed by atoms with Gasteiger partial charge in [0.25, 0.3) is 0 Å². The molecular weight excluding hydrogens is 250 g/mol. The van der Waals surface area contributed by atoms with E-state index >= 15 is 0 Å². The molecule has 106 valence electrons. The number of hydrogen-bond acceptors (Lipinski definition) is 4. The Morgan fingerprint density at radius 3 is 2.90 bits per heavy atom. The fourth-order valence-electron chi connectivity index (χ4n) is 3.02. The number of fused-ring (bicyclic) bond motifs is 1. The number of benzene rings is 1. The number of hydrogen-bond donors (Lipinski definition) is 2. The van der Waals surface area contributed by atoms with Crippen molar-refractivity contribution in [2.45, 2.75) is 44.7 Å². The predicted molar refractivity (Wildman–Crippen MR) is 78.1 cm³/mol. The molecular formula is C15H21N5. The van der Waals surface area contributed by atoms with Crippen LogP contribution in [0.25, 0.3) is 0 Å². The van der Waals surface area contributed by atoms with Gasteiger partial charge in [0, 0.05) is 24.4 Å². The van der Waals surface area contributed by atoms with Gasteiger partial charge < -0.3 is 0 Å². The molecule has 20 heavy (non-hydrogen) atoms. The molecule has 3 N–H and O–H groups in total. The molecule has 0 fully saturated rings. The Morgan fingerprint density at radius 2 is 2.20 bits per heavy atom. The summed E-state index contributed by atoms with van der Waals surface area (Å²) in [6.45, 7) is 4.23. The first-order valence-corrected chi connectivity index (χ1v) is 7.13. The molecule has 3 rings (SSSR count). The van der Waals surface area contributed by atoms with Crippen molar-refractivity contribution in [3.63, 3.8) is 0 Å². The van der Waals surface area contributed by atoms with Crippen molar-refractivity contribution in [3.8, 4) is 0 Å². The molecule has 0 saturated carbocycles. The summed E-state index contributed by atoms with van der Waals surface area (Å²) in [5.41, 5.74) is 5.81. The highest BCUT2D eigenvalue weighted by Crippen LogP contribution is 2.37. The third-order valence-corrected chi connectivity index (χ3v) is 4.13. The van der Waals surface area contributed by atoms with E-state index in [0.717, 1.165) is 18.7 Å². The Hall–Kier alpha value is -1.72. The minimum Gasteiger partial charge on any atom is -0.271 e. The zero-order chi connectivity index (χ0) is 14.1. The van der Waals surface area contributed by atoms with Crippen molar-refractivity contribution in [1.82, 2.24) is 20.2 Å². The Balaban J connectivity index is 1.77. The Morgan fingerprint density at radius 1 is 1.40 bits per heavy atom. The summed E-state index contributed by atoms with van der Waals surface area (Å²) in [5.74, 6) is 7.23. The van der Waals surface area contributed by atoms with E-state index in [0.29, 0.717) is 12.0 Å².